The van der Waals surface area contributed by atoms with Crippen molar-refractivity contribution in [1.29, 1.82) is 0 Å². The second-order valence-electron chi connectivity index (χ2n) is 4.93. The molecule has 0 atom stereocenters. The van der Waals surface area contributed by atoms with Crippen LogP contribution in [0.15, 0.2) is 36.4 Å². The molecule has 0 spiro atoms. The fourth-order valence-corrected chi connectivity index (χ4v) is 3.30. The SMILES string of the molecule is O=C(CSCc1c(F)cccc1Cl)Nc1ccc(Cl)cc1C(F)(F)F. The predicted octanol–water partition coefficient (Wildman–Crippen LogP) is 6.02. The molecule has 0 aromatic heterocycles. The molecule has 1 N–H and O–H groups in total. The summed E-state index contributed by atoms with van der Waals surface area (Å²) < 4.78 is 52.5. The Labute approximate surface area is 155 Å². The summed E-state index contributed by atoms with van der Waals surface area (Å²) >= 11 is 12.5. The zero-order valence-corrected chi connectivity index (χ0v) is 14.8. The van der Waals surface area contributed by atoms with Crippen molar-refractivity contribution in [3.05, 3.63) is 63.4 Å². The molecule has 2 rings (SSSR count). The van der Waals surface area contributed by atoms with Crippen molar-refractivity contribution < 1.29 is 22.4 Å². The molecule has 0 bridgehead atoms. The van der Waals surface area contributed by atoms with E-state index in [4.69, 9.17) is 23.2 Å². The van der Waals surface area contributed by atoms with E-state index in [1.807, 2.05) is 0 Å². The summed E-state index contributed by atoms with van der Waals surface area (Å²) in [6.07, 6.45) is -4.65. The lowest BCUT2D eigenvalue weighted by Crippen LogP contribution is -2.18. The molecule has 2 aromatic carbocycles. The van der Waals surface area contributed by atoms with Crippen LogP contribution in [0.2, 0.25) is 10.0 Å². The number of nitrogens with one attached hydrogen (secondary N) is 1. The van der Waals surface area contributed by atoms with Crippen LogP contribution < -0.4 is 5.32 Å². The lowest BCUT2D eigenvalue weighted by molar-refractivity contribution is -0.137. The Hall–Kier alpha value is -1.44. The van der Waals surface area contributed by atoms with Crippen molar-refractivity contribution in [2.45, 2.75) is 11.9 Å². The fourth-order valence-electron chi connectivity index (χ4n) is 1.96. The number of rotatable bonds is 5. The minimum Gasteiger partial charge on any atom is -0.325 e. The van der Waals surface area contributed by atoms with Gasteiger partial charge in [-0.2, -0.15) is 13.2 Å². The van der Waals surface area contributed by atoms with Gasteiger partial charge in [-0.25, -0.2) is 4.39 Å². The quantitative estimate of drug-likeness (QED) is 0.609. The van der Waals surface area contributed by atoms with E-state index in [0.717, 1.165) is 23.9 Å². The number of amides is 1. The predicted molar refractivity (Wildman–Crippen MR) is 92.7 cm³/mol. The largest absolute Gasteiger partial charge is 0.418 e. The van der Waals surface area contributed by atoms with Gasteiger partial charge in [0.25, 0.3) is 0 Å². The molecule has 0 radical (unpaired) electrons. The summed E-state index contributed by atoms with van der Waals surface area (Å²) in [4.78, 5) is 11.9. The van der Waals surface area contributed by atoms with Crippen LogP contribution >= 0.6 is 35.0 Å². The molecule has 0 heterocycles. The van der Waals surface area contributed by atoms with Crippen molar-refractivity contribution in [1.82, 2.24) is 0 Å². The highest BCUT2D eigenvalue weighted by Crippen LogP contribution is 2.36. The standard InChI is InChI=1S/C16H11Cl2F4NOS/c17-9-4-5-14(11(6-9)16(20,21)22)23-15(24)8-25-7-10-12(18)2-1-3-13(10)19/h1-6H,7-8H2,(H,23,24). The fraction of sp³-hybridized carbons (Fsp3) is 0.188. The van der Waals surface area contributed by atoms with Gasteiger partial charge in [0, 0.05) is 21.4 Å². The molecule has 0 fully saturated rings. The summed E-state index contributed by atoms with van der Waals surface area (Å²) in [5.41, 5.74) is -1.17. The van der Waals surface area contributed by atoms with Crippen LogP contribution in [-0.4, -0.2) is 11.7 Å². The molecule has 2 nitrogen and oxygen atoms in total. The molecule has 0 saturated carbocycles. The number of hydrogen-bond acceptors (Lipinski definition) is 2. The summed E-state index contributed by atoms with van der Waals surface area (Å²) in [6.45, 7) is 0. The molecule has 0 unspecified atom stereocenters. The molecule has 0 saturated heterocycles. The summed E-state index contributed by atoms with van der Waals surface area (Å²) in [5, 5.41) is 2.33. The zero-order chi connectivity index (χ0) is 18.6. The summed E-state index contributed by atoms with van der Waals surface area (Å²) in [5.74, 6) is -1.20. The van der Waals surface area contributed by atoms with Gasteiger partial charge in [-0.15, -0.1) is 11.8 Å². The maximum atomic E-state index is 13.6. The molecule has 0 aliphatic rings. The van der Waals surface area contributed by atoms with Gasteiger partial charge in [-0.05, 0) is 30.3 Å². The van der Waals surface area contributed by atoms with Crippen molar-refractivity contribution >= 4 is 46.6 Å². The average Bonchev–Trinajstić information content (AvgIpc) is 2.51. The normalized spacial score (nSPS) is 11.4. The third-order valence-electron chi connectivity index (χ3n) is 3.10. The maximum Gasteiger partial charge on any atom is 0.418 e. The average molecular weight is 412 g/mol. The third-order valence-corrected chi connectivity index (χ3v) is 4.65. The van der Waals surface area contributed by atoms with Crippen LogP contribution in [0.4, 0.5) is 23.2 Å². The third kappa shape index (κ3) is 5.52. The Bertz CT molecular complexity index is 763. The van der Waals surface area contributed by atoms with E-state index in [9.17, 15) is 22.4 Å². The van der Waals surface area contributed by atoms with Gasteiger partial charge < -0.3 is 5.32 Å². The zero-order valence-electron chi connectivity index (χ0n) is 12.5. The van der Waals surface area contributed by atoms with E-state index in [0.29, 0.717) is 0 Å². The highest BCUT2D eigenvalue weighted by atomic mass is 35.5. The highest BCUT2D eigenvalue weighted by Gasteiger charge is 2.34. The van der Waals surface area contributed by atoms with Gasteiger partial charge >= 0.3 is 6.18 Å². The molecule has 0 aliphatic carbocycles. The van der Waals surface area contributed by atoms with Gasteiger partial charge in [-0.3, -0.25) is 4.79 Å². The molecule has 25 heavy (non-hydrogen) atoms. The van der Waals surface area contributed by atoms with E-state index >= 15 is 0 Å². The van der Waals surface area contributed by atoms with E-state index < -0.39 is 23.5 Å². The number of carbonyl (C=O) groups excluding carboxylic acids is 1. The first-order valence-electron chi connectivity index (χ1n) is 6.85. The Balaban J connectivity index is 2.00. The minimum absolute atomic E-state index is 0.0890. The van der Waals surface area contributed by atoms with Crippen LogP contribution in [0.3, 0.4) is 0 Å². The van der Waals surface area contributed by atoms with Crippen molar-refractivity contribution in [3.63, 3.8) is 0 Å². The van der Waals surface area contributed by atoms with Crippen LogP contribution in [-0.2, 0) is 16.7 Å². The van der Waals surface area contributed by atoms with E-state index in [1.165, 1.54) is 24.3 Å². The van der Waals surface area contributed by atoms with Gasteiger partial charge in [0.2, 0.25) is 5.91 Å². The summed E-state index contributed by atoms with van der Waals surface area (Å²) in [7, 11) is 0. The van der Waals surface area contributed by atoms with Crippen LogP contribution in [0.5, 0.6) is 0 Å². The smallest absolute Gasteiger partial charge is 0.325 e. The molecule has 2 aromatic rings. The van der Waals surface area contributed by atoms with Crippen LogP contribution in [0.1, 0.15) is 11.1 Å². The molecule has 9 heteroatoms. The first-order valence-corrected chi connectivity index (χ1v) is 8.77. The summed E-state index contributed by atoms with van der Waals surface area (Å²) in [6, 6.07) is 7.29. The van der Waals surface area contributed by atoms with Gasteiger partial charge in [0.1, 0.15) is 5.82 Å². The molecule has 0 aliphatic heterocycles. The topological polar surface area (TPSA) is 29.1 Å². The van der Waals surface area contributed by atoms with Crippen molar-refractivity contribution in [3.8, 4) is 0 Å². The highest BCUT2D eigenvalue weighted by molar-refractivity contribution is 7.99. The molecule has 134 valence electrons. The van der Waals surface area contributed by atoms with Gasteiger partial charge in [-0.1, -0.05) is 29.3 Å². The Kier molecular flexibility index (Phi) is 6.59. The maximum absolute atomic E-state index is 13.6. The van der Waals surface area contributed by atoms with Crippen molar-refractivity contribution in [2.75, 3.05) is 11.1 Å². The van der Waals surface area contributed by atoms with E-state index in [2.05, 4.69) is 5.32 Å². The van der Waals surface area contributed by atoms with E-state index in [-0.39, 0.29) is 32.8 Å². The molecular weight excluding hydrogens is 401 g/mol. The minimum atomic E-state index is -4.65. The lowest BCUT2D eigenvalue weighted by atomic mass is 10.1. The van der Waals surface area contributed by atoms with Crippen LogP contribution in [0.25, 0.3) is 0 Å². The number of carbonyl (C=O) groups is 1. The van der Waals surface area contributed by atoms with Gasteiger partial charge in [0.15, 0.2) is 0 Å². The first-order chi connectivity index (χ1) is 11.7. The second-order valence-corrected chi connectivity index (χ2v) is 6.76. The Morgan fingerprint density at radius 1 is 1.16 bits per heavy atom. The molecule has 1 amide bonds. The number of alkyl halides is 3. The second kappa shape index (κ2) is 8.29. The van der Waals surface area contributed by atoms with E-state index in [1.54, 1.807) is 0 Å². The number of thioether (sulfide) groups is 1. The number of halogens is 6. The number of anilines is 1. The monoisotopic (exact) mass is 411 g/mol. The van der Waals surface area contributed by atoms with Crippen LogP contribution in [0, 0.1) is 5.82 Å². The number of benzene rings is 2. The number of hydrogen-bond donors (Lipinski definition) is 1. The lowest BCUT2D eigenvalue weighted by Gasteiger charge is -2.14. The first kappa shape index (κ1) is 19.9. The Morgan fingerprint density at radius 3 is 2.52 bits per heavy atom. The molecular formula is C16H11Cl2F4NOS. The van der Waals surface area contributed by atoms with Gasteiger partial charge in [0.05, 0.1) is 17.0 Å². The van der Waals surface area contributed by atoms with Crippen molar-refractivity contribution in [2.24, 2.45) is 0 Å². The Morgan fingerprint density at radius 2 is 1.88 bits per heavy atom.